The quantitative estimate of drug-likeness (QED) is 0.550. The van der Waals surface area contributed by atoms with Gasteiger partial charge in [-0.15, -0.1) is 0 Å². The van der Waals surface area contributed by atoms with E-state index in [9.17, 15) is 5.11 Å². The molecule has 74 valence electrons. The average molecular weight is 173 g/mol. The van der Waals surface area contributed by atoms with Gasteiger partial charge in [-0.2, -0.15) is 0 Å². The van der Waals surface area contributed by atoms with E-state index in [0.29, 0.717) is 0 Å². The van der Waals surface area contributed by atoms with Gasteiger partial charge in [-0.25, -0.2) is 0 Å². The van der Waals surface area contributed by atoms with Crippen LogP contribution in [0.1, 0.15) is 46.0 Å². The predicted octanol–water partition coefficient (Wildman–Crippen LogP) is 1.93. The van der Waals surface area contributed by atoms with Crippen LogP contribution in [0.4, 0.5) is 0 Å². The molecule has 0 saturated heterocycles. The van der Waals surface area contributed by atoms with Crippen molar-refractivity contribution in [3.8, 4) is 0 Å². The Morgan fingerprint density at radius 2 is 1.92 bits per heavy atom. The van der Waals surface area contributed by atoms with E-state index in [1.807, 2.05) is 6.92 Å². The van der Waals surface area contributed by atoms with Crippen molar-refractivity contribution in [2.24, 2.45) is 0 Å². The van der Waals surface area contributed by atoms with E-state index in [1.54, 1.807) is 0 Å². The maximum atomic E-state index is 9.22. The first kappa shape index (κ1) is 11.9. The fourth-order valence-electron chi connectivity index (χ4n) is 1.10. The predicted molar refractivity (Wildman–Crippen MR) is 53.3 cm³/mol. The monoisotopic (exact) mass is 173 g/mol. The van der Waals surface area contributed by atoms with Crippen molar-refractivity contribution < 1.29 is 5.11 Å². The van der Waals surface area contributed by atoms with Gasteiger partial charge in [0.05, 0.1) is 6.10 Å². The highest BCUT2D eigenvalue weighted by atomic mass is 16.3. The number of unbranched alkanes of at least 4 members (excludes halogenated alkanes) is 2. The molecule has 0 radical (unpaired) electrons. The van der Waals surface area contributed by atoms with Gasteiger partial charge in [0.2, 0.25) is 0 Å². The smallest absolute Gasteiger partial charge is 0.0549 e. The van der Waals surface area contributed by atoms with E-state index in [4.69, 9.17) is 0 Å². The number of hydrogen-bond acceptors (Lipinski definition) is 2. The summed E-state index contributed by atoms with van der Waals surface area (Å²) < 4.78 is 0. The Bertz CT molecular complexity index is 85.9. The summed E-state index contributed by atoms with van der Waals surface area (Å²) in [5, 5.41) is 12.5. The molecule has 2 N–H and O–H groups in total. The summed E-state index contributed by atoms with van der Waals surface area (Å²) in [6, 6.07) is 0. The summed E-state index contributed by atoms with van der Waals surface area (Å²) in [5.41, 5.74) is 0. The standard InChI is InChI=1S/C10H23NO/c1-3-5-6-8-11-9-7-10(12)4-2/h10-12H,3-9H2,1-2H3. The molecule has 0 heterocycles. The molecule has 0 aliphatic rings. The second-order valence-corrected chi connectivity index (χ2v) is 3.31. The topological polar surface area (TPSA) is 32.3 Å². The Morgan fingerprint density at radius 1 is 1.17 bits per heavy atom. The largest absolute Gasteiger partial charge is 0.393 e. The zero-order chi connectivity index (χ0) is 9.23. The molecule has 2 heteroatoms. The van der Waals surface area contributed by atoms with Crippen LogP contribution >= 0.6 is 0 Å². The van der Waals surface area contributed by atoms with E-state index in [0.717, 1.165) is 25.9 Å². The average Bonchev–Trinajstić information content (AvgIpc) is 2.10. The second kappa shape index (κ2) is 9.01. The minimum absolute atomic E-state index is 0.108. The van der Waals surface area contributed by atoms with E-state index in [-0.39, 0.29) is 6.10 Å². The highest BCUT2D eigenvalue weighted by Gasteiger charge is 1.98. The summed E-state index contributed by atoms with van der Waals surface area (Å²) in [4.78, 5) is 0. The summed E-state index contributed by atoms with van der Waals surface area (Å²) in [6.07, 6.45) is 5.50. The molecule has 1 atom stereocenters. The lowest BCUT2D eigenvalue weighted by atomic mass is 10.2. The molecule has 0 aromatic carbocycles. The van der Waals surface area contributed by atoms with E-state index in [2.05, 4.69) is 12.2 Å². The van der Waals surface area contributed by atoms with Crippen molar-refractivity contribution in [3.05, 3.63) is 0 Å². The van der Waals surface area contributed by atoms with Gasteiger partial charge in [0.1, 0.15) is 0 Å². The molecule has 1 unspecified atom stereocenters. The number of aliphatic hydroxyl groups is 1. The van der Waals surface area contributed by atoms with Crippen molar-refractivity contribution in [1.29, 1.82) is 0 Å². The van der Waals surface area contributed by atoms with Crippen LogP contribution in [0.3, 0.4) is 0 Å². The number of aliphatic hydroxyl groups excluding tert-OH is 1. The molecule has 0 aliphatic heterocycles. The van der Waals surface area contributed by atoms with Gasteiger partial charge < -0.3 is 10.4 Å². The fraction of sp³-hybridized carbons (Fsp3) is 1.00. The lowest BCUT2D eigenvalue weighted by Crippen LogP contribution is -2.21. The Balaban J connectivity index is 2.90. The molecular weight excluding hydrogens is 150 g/mol. The van der Waals surface area contributed by atoms with E-state index >= 15 is 0 Å². The van der Waals surface area contributed by atoms with E-state index in [1.165, 1.54) is 19.3 Å². The zero-order valence-corrected chi connectivity index (χ0v) is 8.47. The lowest BCUT2D eigenvalue weighted by molar-refractivity contribution is 0.160. The third-order valence-electron chi connectivity index (χ3n) is 2.08. The van der Waals surface area contributed by atoms with Crippen LogP contribution < -0.4 is 5.32 Å². The molecular formula is C10H23NO. The molecule has 2 nitrogen and oxygen atoms in total. The highest BCUT2D eigenvalue weighted by Crippen LogP contribution is 1.95. The Kier molecular flexibility index (Phi) is 8.95. The van der Waals surface area contributed by atoms with E-state index < -0.39 is 0 Å². The van der Waals surface area contributed by atoms with Crippen LogP contribution in [0.25, 0.3) is 0 Å². The minimum atomic E-state index is -0.108. The summed E-state index contributed by atoms with van der Waals surface area (Å²) in [5.74, 6) is 0. The van der Waals surface area contributed by atoms with Crippen molar-refractivity contribution >= 4 is 0 Å². The van der Waals surface area contributed by atoms with Crippen LogP contribution in [-0.4, -0.2) is 24.3 Å². The zero-order valence-electron chi connectivity index (χ0n) is 8.47. The summed E-state index contributed by atoms with van der Waals surface area (Å²) in [7, 11) is 0. The van der Waals surface area contributed by atoms with Gasteiger partial charge in [-0.05, 0) is 32.4 Å². The first-order chi connectivity index (χ1) is 5.81. The fourth-order valence-corrected chi connectivity index (χ4v) is 1.10. The molecule has 0 bridgehead atoms. The van der Waals surface area contributed by atoms with Crippen LogP contribution in [-0.2, 0) is 0 Å². The number of hydrogen-bond donors (Lipinski definition) is 2. The Morgan fingerprint density at radius 3 is 2.50 bits per heavy atom. The second-order valence-electron chi connectivity index (χ2n) is 3.31. The van der Waals surface area contributed by atoms with Crippen molar-refractivity contribution in [3.63, 3.8) is 0 Å². The van der Waals surface area contributed by atoms with Gasteiger partial charge >= 0.3 is 0 Å². The number of nitrogens with one attached hydrogen (secondary N) is 1. The van der Waals surface area contributed by atoms with Crippen molar-refractivity contribution in [2.45, 2.75) is 52.1 Å². The van der Waals surface area contributed by atoms with Crippen LogP contribution in [0.5, 0.6) is 0 Å². The third kappa shape index (κ3) is 8.02. The van der Waals surface area contributed by atoms with Crippen molar-refractivity contribution in [1.82, 2.24) is 5.32 Å². The maximum Gasteiger partial charge on any atom is 0.0549 e. The lowest BCUT2D eigenvalue weighted by Gasteiger charge is -2.07. The number of rotatable bonds is 8. The minimum Gasteiger partial charge on any atom is -0.393 e. The summed E-state index contributed by atoms with van der Waals surface area (Å²) >= 11 is 0. The van der Waals surface area contributed by atoms with Crippen molar-refractivity contribution in [2.75, 3.05) is 13.1 Å². The molecule has 0 amide bonds. The third-order valence-corrected chi connectivity index (χ3v) is 2.08. The molecule has 0 aromatic heterocycles. The summed E-state index contributed by atoms with van der Waals surface area (Å²) in [6.45, 7) is 6.28. The van der Waals surface area contributed by atoms with Crippen LogP contribution in [0.15, 0.2) is 0 Å². The first-order valence-electron chi connectivity index (χ1n) is 5.20. The molecule has 0 rings (SSSR count). The Labute approximate surface area is 76.4 Å². The highest BCUT2D eigenvalue weighted by molar-refractivity contribution is 4.55. The molecule has 0 spiro atoms. The van der Waals surface area contributed by atoms with Crippen LogP contribution in [0, 0.1) is 0 Å². The first-order valence-corrected chi connectivity index (χ1v) is 5.20. The SMILES string of the molecule is CCCCCNCCC(O)CC. The van der Waals surface area contributed by atoms with Gasteiger partial charge in [0, 0.05) is 0 Å². The van der Waals surface area contributed by atoms with Crippen LogP contribution in [0.2, 0.25) is 0 Å². The molecule has 0 aliphatic carbocycles. The van der Waals surface area contributed by atoms with Gasteiger partial charge in [0.15, 0.2) is 0 Å². The molecule has 0 saturated carbocycles. The van der Waals surface area contributed by atoms with Gasteiger partial charge in [0.25, 0.3) is 0 Å². The molecule has 0 aromatic rings. The molecule has 12 heavy (non-hydrogen) atoms. The normalized spacial score (nSPS) is 13.2. The molecule has 0 fully saturated rings. The van der Waals surface area contributed by atoms with Gasteiger partial charge in [-0.3, -0.25) is 0 Å². The Hall–Kier alpha value is -0.0800. The maximum absolute atomic E-state index is 9.22. The van der Waals surface area contributed by atoms with Gasteiger partial charge in [-0.1, -0.05) is 26.7 Å².